The van der Waals surface area contributed by atoms with Crippen molar-refractivity contribution in [2.75, 3.05) is 6.54 Å². The first kappa shape index (κ1) is 17.1. The van der Waals surface area contributed by atoms with Gasteiger partial charge in [0.2, 0.25) is 5.91 Å². The SMILES string of the molecule is Cc1ccccc1C(O)CNC(=O)CCc1ccc(F)c(F)c1. The molecule has 0 spiro atoms. The van der Waals surface area contributed by atoms with Gasteiger partial charge in [0.15, 0.2) is 11.6 Å². The molecule has 0 aromatic heterocycles. The molecule has 23 heavy (non-hydrogen) atoms. The third-order valence-electron chi connectivity index (χ3n) is 3.66. The summed E-state index contributed by atoms with van der Waals surface area (Å²) in [5.41, 5.74) is 2.28. The van der Waals surface area contributed by atoms with Crippen LogP contribution >= 0.6 is 0 Å². The molecule has 0 aliphatic rings. The molecule has 1 atom stereocenters. The standard InChI is InChI=1S/C18H19F2NO2/c1-12-4-2-3-5-14(12)17(22)11-21-18(23)9-7-13-6-8-15(19)16(20)10-13/h2-6,8,10,17,22H,7,9,11H2,1H3,(H,21,23). The van der Waals surface area contributed by atoms with Gasteiger partial charge in [-0.1, -0.05) is 30.3 Å². The fourth-order valence-corrected chi connectivity index (χ4v) is 2.32. The molecule has 0 radical (unpaired) electrons. The van der Waals surface area contributed by atoms with Crippen LogP contribution in [-0.2, 0) is 11.2 Å². The summed E-state index contributed by atoms with van der Waals surface area (Å²) < 4.78 is 25.9. The Morgan fingerprint density at radius 1 is 1.17 bits per heavy atom. The van der Waals surface area contributed by atoms with Crippen molar-refractivity contribution in [3.05, 3.63) is 70.8 Å². The average Bonchev–Trinajstić information content (AvgIpc) is 2.54. The van der Waals surface area contributed by atoms with Crippen molar-refractivity contribution in [1.29, 1.82) is 0 Å². The van der Waals surface area contributed by atoms with Gasteiger partial charge in [-0.25, -0.2) is 8.78 Å². The monoisotopic (exact) mass is 319 g/mol. The van der Waals surface area contributed by atoms with E-state index in [0.29, 0.717) is 12.0 Å². The number of halogens is 2. The van der Waals surface area contributed by atoms with Crippen molar-refractivity contribution in [2.24, 2.45) is 0 Å². The summed E-state index contributed by atoms with van der Waals surface area (Å²) in [5, 5.41) is 12.7. The predicted octanol–water partition coefficient (Wildman–Crippen LogP) is 3.06. The number of aliphatic hydroxyl groups excluding tert-OH is 1. The minimum atomic E-state index is -0.919. The van der Waals surface area contributed by atoms with E-state index in [2.05, 4.69) is 5.32 Å². The highest BCUT2D eigenvalue weighted by Gasteiger charge is 2.11. The van der Waals surface area contributed by atoms with E-state index in [1.165, 1.54) is 6.07 Å². The Morgan fingerprint density at radius 2 is 1.91 bits per heavy atom. The van der Waals surface area contributed by atoms with E-state index in [0.717, 1.165) is 23.3 Å². The maximum atomic E-state index is 13.1. The zero-order valence-corrected chi connectivity index (χ0v) is 12.9. The van der Waals surface area contributed by atoms with Gasteiger partial charge in [0.1, 0.15) is 0 Å². The van der Waals surface area contributed by atoms with Crippen LogP contribution in [-0.4, -0.2) is 17.6 Å². The molecule has 0 saturated heterocycles. The number of hydrogen-bond donors (Lipinski definition) is 2. The number of aliphatic hydroxyl groups is 1. The first-order valence-corrected chi connectivity index (χ1v) is 7.41. The first-order chi connectivity index (χ1) is 11.0. The van der Waals surface area contributed by atoms with E-state index in [9.17, 15) is 18.7 Å². The number of carbonyl (C=O) groups excluding carboxylic acids is 1. The zero-order valence-electron chi connectivity index (χ0n) is 12.9. The van der Waals surface area contributed by atoms with Crippen LogP contribution < -0.4 is 5.32 Å². The summed E-state index contributed by atoms with van der Waals surface area (Å²) in [7, 11) is 0. The van der Waals surface area contributed by atoms with E-state index < -0.39 is 17.7 Å². The lowest BCUT2D eigenvalue weighted by Crippen LogP contribution is -2.28. The van der Waals surface area contributed by atoms with E-state index in [1.54, 1.807) is 0 Å². The van der Waals surface area contributed by atoms with Crippen LogP contribution in [0, 0.1) is 18.6 Å². The zero-order chi connectivity index (χ0) is 16.8. The topological polar surface area (TPSA) is 49.3 Å². The number of carbonyl (C=O) groups is 1. The van der Waals surface area contributed by atoms with E-state index in [1.807, 2.05) is 31.2 Å². The van der Waals surface area contributed by atoms with Crippen molar-refractivity contribution in [2.45, 2.75) is 25.9 Å². The Balaban J connectivity index is 1.81. The molecule has 1 unspecified atom stereocenters. The van der Waals surface area contributed by atoms with Gasteiger partial charge in [-0.05, 0) is 42.2 Å². The second-order valence-corrected chi connectivity index (χ2v) is 5.42. The number of aryl methyl sites for hydroxylation is 2. The lowest BCUT2D eigenvalue weighted by molar-refractivity contribution is -0.121. The molecule has 0 heterocycles. The highest BCUT2D eigenvalue weighted by atomic mass is 19.2. The minimum absolute atomic E-state index is 0.113. The van der Waals surface area contributed by atoms with Gasteiger partial charge in [-0.2, -0.15) is 0 Å². The molecule has 0 saturated carbocycles. The van der Waals surface area contributed by atoms with Crippen LogP contribution in [0.5, 0.6) is 0 Å². The van der Waals surface area contributed by atoms with Crippen molar-refractivity contribution >= 4 is 5.91 Å². The van der Waals surface area contributed by atoms with Crippen molar-refractivity contribution < 1.29 is 18.7 Å². The van der Waals surface area contributed by atoms with Crippen LogP contribution in [0.3, 0.4) is 0 Å². The average molecular weight is 319 g/mol. The lowest BCUT2D eigenvalue weighted by Gasteiger charge is -2.14. The summed E-state index contributed by atoms with van der Waals surface area (Å²) in [6.45, 7) is 2.00. The molecular formula is C18H19F2NO2. The van der Waals surface area contributed by atoms with Crippen LogP contribution in [0.15, 0.2) is 42.5 Å². The number of amides is 1. The third kappa shape index (κ3) is 4.86. The molecule has 0 bridgehead atoms. The first-order valence-electron chi connectivity index (χ1n) is 7.41. The lowest BCUT2D eigenvalue weighted by atomic mass is 10.0. The second kappa shape index (κ2) is 7.83. The number of benzene rings is 2. The molecule has 2 rings (SSSR count). The third-order valence-corrected chi connectivity index (χ3v) is 3.66. The van der Waals surface area contributed by atoms with Crippen LogP contribution in [0.1, 0.15) is 29.2 Å². The van der Waals surface area contributed by atoms with E-state index in [-0.39, 0.29) is 18.9 Å². The fourth-order valence-electron chi connectivity index (χ4n) is 2.32. The summed E-state index contributed by atoms with van der Waals surface area (Å²) in [6.07, 6.45) is -0.321. The van der Waals surface area contributed by atoms with Gasteiger partial charge in [0, 0.05) is 13.0 Å². The van der Waals surface area contributed by atoms with Gasteiger partial charge in [0.05, 0.1) is 6.10 Å². The number of hydrogen-bond acceptors (Lipinski definition) is 2. The Bertz CT molecular complexity index is 688. The summed E-state index contributed by atoms with van der Waals surface area (Å²) in [5.74, 6) is -2.07. The van der Waals surface area contributed by atoms with Gasteiger partial charge < -0.3 is 10.4 Å². The normalized spacial score (nSPS) is 12.0. The quantitative estimate of drug-likeness (QED) is 0.860. The molecule has 2 N–H and O–H groups in total. The number of nitrogens with one attached hydrogen (secondary N) is 1. The predicted molar refractivity (Wildman–Crippen MR) is 83.8 cm³/mol. The molecule has 0 fully saturated rings. The van der Waals surface area contributed by atoms with Crippen LogP contribution in [0.2, 0.25) is 0 Å². The molecule has 122 valence electrons. The molecule has 3 nitrogen and oxygen atoms in total. The Kier molecular flexibility index (Phi) is 5.82. The molecule has 1 amide bonds. The smallest absolute Gasteiger partial charge is 0.220 e. The molecule has 5 heteroatoms. The largest absolute Gasteiger partial charge is 0.387 e. The highest BCUT2D eigenvalue weighted by Crippen LogP contribution is 2.16. The van der Waals surface area contributed by atoms with E-state index in [4.69, 9.17) is 0 Å². The summed E-state index contributed by atoms with van der Waals surface area (Å²) >= 11 is 0. The molecule has 0 aliphatic heterocycles. The molecular weight excluding hydrogens is 300 g/mol. The molecule has 2 aromatic carbocycles. The second-order valence-electron chi connectivity index (χ2n) is 5.42. The van der Waals surface area contributed by atoms with Crippen LogP contribution in [0.4, 0.5) is 8.78 Å². The maximum Gasteiger partial charge on any atom is 0.220 e. The van der Waals surface area contributed by atoms with Gasteiger partial charge >= 0.3 is 0 Å². The van der Waals surface area contributed by atoms with Gasteiger partial charge in [-0.15, -0.1) is 0 Å². The maximum absolute atomic E-state index is 13.1. The highest BCUT2D eigenvalue weighted by molar-refractivity contribution is 5.76. The fraction of sp³-hybridized carbons (Fsp3) is 0.278. The van der Waals surface area contributed by atoms with Gasteiger partial charge in [-0.3, -0.25) is 4.79 Å². The summed E-state index contributed by atoms with van der Waals surface area (Å²) in [6, 6.07) is 11.0. The Labute approximate surface area is 134 Å². The molecule has 0 aliphatic carbocycles. The van der Waals surface area contributed by atoms with Crippen LogP contribution in [0.25, 0.3) is 0 Å². The minimum Gasteiger partial charge on any atom is -0.387 e. The van der Waals surface area contributed by atoms with Crippen molar-refractivity contribution in [3.8, 4) is 0 Å². The number of rotatable bonds is 6. The Hall–Kier alpha value is -2.27. The summed E-state index contributed by atoms with van der Waals surface area (Å²) in [4.78, 5) is 11.8. The Morgan fingerprint density at radius 3 is 2.61 bits per heavy atom. The molecule has 2 aromatic rings. The van der Waals surface area contributed by atoms with E-state index >= 15 is 0 Å². The van der Waals surface area contributed by atoms with Gasteiger partial charge in [0.25, 0.3) is 0 Å². The van der Waals surface area contributed by atoms with Crippen molar-refractivity contribution in [3.63, 3.8) is 0 Å². The van der Waals surface area contributed by atoms with Crippen molar-refractivity contribution in [1.82, 2.24) is 5.32 Å².